The summed E-state index contributed by atoms with van der Waals surface area (Å²) in [4.78, 5) is 24.3. The first-order valence-corrected chi connectivity index (χ1v) is 9.31. The molecule has 9 nitrogen and oxygen atoms in total. The van der Waals surface area contributed by atoms with Crippen LogP contribution in [0.15, 0.2) is 29.4 Å². The van der Waals surface area contributed by atoms with Crippen molar-refractivity contribution in [3.8, 4) is 0 Å². The normalized spacial score (nSPS) is 11.8. The lowest BCUT2D eigenvalue weighted by Crippen LogP contribution is -2.37. The summed E-state index contributed by atoms with van der Waals surface area (Å²) in [5.74, 6) is -0.254. The number of carbonyl (C=O) groups excluding carboxylic acids is 1. The number of thiophene rings is 1. The van der Waals surface area contributed by atoms with Gasteiger partial charge in [-0.3, -0.25) is 4.79 Å². The summed E-state index contributed by atoms with van der Waals surface area (Å²) in [5.41, 5.74) is 6.72. The number of carbonyl (C=O) groups is 1. The monoisotopic (exact) mass is 391 g/mol. The summed E-state index contributed by atoms with van der Waals surface area (Å²) in [6, 6.07) is 1.86. The van der Waals surface area contributed by atoms with Gasteiger partial charge in [-0.05, 0) is 28.8 Å². The molecule has 3 aromatic heterocycles. The Bertz CT molecular complexity index is 892. The van der Waals surface area contributed by atoms with Crippen molar-refractivity contribution in [2.24, 2.45) is 5.41 Å². The Morgan fingerprint density at radius 1 is 1.33 bits per heavy atom. The highest BCUT2D eigenvalue weighted by atomic mass is 32.1. The number of aromatic nitrogens is 4. The van der Waals surface area contributed by atoms with Crippen LogP contribution in [0, 0.1) is 5.41 Å². The minimum atomic E-state index is -0.959. The van der Waals surface area contributed by atoms with Gasteiger partial charge in [-0.25, -0.2) is 9.97 Å². The summed E-state index contributed by atoms with van der Waals surface area (Å²) in [6.07, 6.45) is 3.66. The molecule has 0 aliphatic carbocycles. The average molecular weight is 391 g/mol. The van der Waals surface area contributed by atoms with Gasteiger partial charge in [0.2, 0.25) is 5.95 Å². The fraction of sp³-hybridized carbons (Fsp3) is 0.412. The largest absolute Gasteiger partial charge is 0.465 e. The van der Waals surface area contributed by atoms with E-state index in [1.807, 2.05) is 16.8 Å². The van der Waals surface area contributed by atoms with Gasteiger partial charge in [-0.2, -0.15) is 16.3 Å². The third-order valence-electron chi connectivity index (χ3n) is 4.40. The number of aryl methyl sites for hydroxylation is 1. The molecule has 3 heterocycles. The Morgan fingerprint density at radius 3 is 2.85 bits per heavy atom. The minimum absolute atomic E-state index is 0.0767. The molecule has 0 unspecified atom stereocenters. The molecule has 10 heteroatoms. The molecule has 0 amide bonds. The van der Waals surface area contributed by atoms with Crippen LogP contribution in [0.2, 0.25) is 0 Å². The van der Waals surface area contributed by atoms with Crippen LogP contribution in [0.1, 0.15) is 12.0 Å². The summed E-state index contributed by atoms with van der Waals surface area (Å²) in [6.45, 7) is -0.305. The van der Waals surface area contributed by atoms with Crippen LogP contribution >= 0.6 is 11.3 Å². The van der Waals surface area contributed by atoms with Gasteiger partial charge in [-0.1, -0.05) is 0 Å². The number of aliphatic hydroxyl groups is 2. The Hall–Kier alpha value is -2.56. The van der Waals surface area contributed by atoms with E-state index in [1.54, 1.807) is 10.9 Å². The Balaban J connectivity index is 1.63. The van der Waals surface area contributed by atoms with E-state index >= 15 is 0 Å². The molecule has 0 saturated heterocycles. The standard InChI is InChI=1S/C17H21N5O4S/c18-16-19-6-13-15(21-16)22(11-20-13)3-2-17(8-23,9-24)10-26-14(25)5-12-1-4-27-7-12/h1,4,6-7,11,23-24H,2-3,5,8-10H2,(H2,18,19,21). The molecule has 0 aliphatic heterocycles. The van der Waals surface area contributed by atoms with Gasteiger partial charge in [0, 0.05) is 6.54 Å². The second-order valence-electron chi connectivity index (χ2n) is 6.41. The maximum atomic E-state index is 12.0. The van der Waals surface area contributed by atoms with Crippen molar-refractivity contribution in [2.45, 2.75) is 19.4 Å². The quantitative estimate of drug-likeness (QED) is 0.452. The van der Waals surface area contributed by atoms with Crippen molar-refractivity contribution in [1.29, 1.82) is 0 Å². The third kappa shape index (κ3) is 4.59. The maximum absolute atomic E-state index is 12.0. The van der Waals surface area contributed by atoms with Gasteiger partial charge in [0.15, 0.2) is 5.65 Å². The first-order valence-electron chi connectivity index (χ1n) is 8.37. The van der Waals surface area contributed by atoms with E-state index in [-0.39, 0.29) is 32.2 Å². The smallest absolute Gasteiger partial charge is 0.310 e. The lowest BCUT2D eigenvalue weighted by molar-refractivity contribution is -0.149. The fourth-order valence-corrected chi connectivity index (χ4v) is 3.27. The van der Waals surface area contributed by atoms with Crippen LogP contribution in [0.4, 0.5) is 5.95 Å². The number of rotatable bonds is 9. The number of nitrogens with two attached hydrogens (primary N) is 1. The number of aliphatic hydroxyl groups excluding tert-OH is 2. The second-order valence-corrected chi connectivity index (χ2v) is 7.19. The maximum Gasteiger partial charge on any atom is 0.310 e. The molecule has 0 atom stereocenters. The molecule has 0 radical (unpaired) electrons. The predicted molar refractivity (Wildman–Crippen MR) is 99.9 cm³/mol. The number of hydrogen-bond acceptors (Lipinski definition) is 9. The number of nitrogens with zero attached hydrogens (tertiary/aromatic N) is 4. The van der Waals surface area contributed by atoms with Crippen LogP contribution in [-0.2, 0) is 22.5 Å². The van der Waals surface area contributed by atoms with Crippen molar-refractivity contribution in [2.75, 3.05) is 25.6 Å². The average Bonchev–Trinajstić information content (AvgIpc) is 3.32. The van der Waals surface area contributed by atoms with Crippen molar-refractivity contribution >= 4 is 34.4 Å². The molecular weight excluding hydrogens is 370 g/mol. The summed E-state index contributed by atoms with van der Waals surface area (Å²) >= 11 is 1.51. The minimum Gasteiger partial charge on any atom is -0.465 e. The molecular formula is C17H21N5O4S. The molecule has 4 N–H and O–H groups in total. The fourth-order valence-electron chi connectivity index (χ4n) is 2.61. The number of imidazole rings is 1. The van der Waals surface area contributed by atoms with Crippen molar-refractivity contribution in [3.63, 3.8) is 0 Å². The highest BCUT2D eigenvalue weighted by Crippen LogP contribution is 2.24. The number of hydrogen-bond donors (Lipinski definition) is 3. The number of anilines is 1. The van der Waals surface area contributed by atoms with Gasteiger partial charge >= 0.3 is 5.97 Å². The van der Waals surface area contributed by atoms with Gasteiger partial charge in [0.05, 0.1) is 37.6 Å². The van der Waals surface area contributed by atoms with Crippen LogP contribution in [0.5, 0.6) is 0 Å². The second kappa shape index (κ2) is 8.42. The lowest BCUT2D eigenvalue weighted by atomic mass is 9.87. The van der Waals surface area contributed by atoms with E-state index < -0.39 is 11.4 Å². The van der Waals surface area contributed by atoms with Crippen molar-refractivity contribution in [1.82, 2.24) is 19.5 Å². The number of fused-ring (bicyclic) bond motifs is 1. The molecule has 3 rings (SSSR count). The van der Waals surface area contributed by atoms with E-state index in [9.17, 15) is 15.0 Å². The Labute approximate surface area is 159 Å². The van der Waals surface area contributed by atoms with E-state index in [0.717, 1.165) is 5.56 Å². The molecule has 0 fully saturated rings. The van der Waals surface area contributed by atoms with Gasteiger partial charge in [-0.15, -0.1) is 0 Å². The van der Waals surface area contributed by atoms with Crippen LogP contribution in [0.25, 0.3) is 11.2 Å². The molecule has 3 aromatic rings. The van der Waals surface area contributed by atoms with E-state index in [1.165, 1.54) is 17.5 Å². The molecule has 0 bridgehead atoms. The molecule has 0 aliphatic rings. The van der Waals surface area contributed by atoms with Gasteiger partial charge in [0.1, 0.15) is 12.1 Å². The molecule has 0 spiro atoms. The summed E-state index contributed by atoms with van der Waals surface area (Å²) < 4.78 is 7.08. The zero-order chi connectivity index (χ0) is 19.3. The van der Waals surface area contributed by atoms with Crippen LogP contribution in [0.3, 0.4) is 0 Å². The molecule has 0 aromatic carbocycles. The van der Waals surface area contributed by atoms with E-state index in [2.05, 4.69) is 15.0 Å². The first kappa shape index (κ1) is 19.2. The predicted octanol–water partition coefficient (Wildman–Crippen LogP) is 0.617. The van der Waals surface area contributed by atoms with Gasteiger partial charge < -0.3 is 25.3 Å². The summed E-state index contributed by atoms with van der Waals surface area (Å²) in [5, 5.41) is 23.4. The lowest BCUT2D eigenvalue weighted by Gasteiger charge is -2.29. The Kier molecular flexibility index (Phi) is 5.99. The van der Waals surface area contributed by atoms with Crippen LogP contribution < -0.4 is 5.73 Å². The molecule has 27 heavy (non-hydrogen) atoms. The third-order valence-corrected chi connectivity index (χ3v) is 5.13. The zero-order valence-electron chi connectivity index (χ0n) is 14.6. The Morgan fingerprint density at radius 2 is 2.15 bits per heavy atom. The van der Waals surface area contributed by atoms with Crippen molar-refractivity contribution in [3.05, 3.63) is 34.9 Å². The van der Waals surface area contributed by atoms with Crippen molar-refractivity contribution < 1.29 is 19.7 Å². The van der Waals surface area contributed by atoms with Gasteiger partial charge in [0.25, 0.3) is 0 Å². The number of ether oxygens (including phenoxy) is 1. The highest BCUT2D eigenvalue weighted by molar-refractivity contribution is 7.07. The molecule has 144 valence electrons. The van der Waals surface area contributed by atoms with Crippen LogP contribution in [-0.4, -0.2) is 55.5 Å². The number of esters is 1. The topological polar surface area (TPSA) is 136 Å². The van der Waals surface area contributed by atoms with E-state index in [4.69, 9.17) is 10.5 Å². The SMILES string of the molecule is Nc1ncc2ncn(CCC(CO)(CO)COC(=O)Cc3ccsc3)c2n1. The van der Waals surface area contributed by atoms with E-state index in [0.29, 0.717) is 24.1 Å². The first-order chi connectivity index (χ1) is 13.0. The zero-order valence-corrected chi connectivity index (χ0v) is 15.4. The highest BCUT2D eigenvalue weighted by Gasteiger charge is 2.31. The molecule has 0 saturated carbocycles. The number of nitrogen functional groups attached to an aromatic ring is 1. The summed E-state index contributed by atoms with van der Waals surface area (Å²) in [7, 11) is 0.